The standard InChI is InChI=1S/C11H20N4/c1-14-4-3-10(8-14)5-12-6-11-7-13-9-15(11)2/h7,9-10,12H,3-6,8H2,1-2H3. The van der Waals surface area contributed by atoms with Crippen molar-refractivity contribution in [3.05, 3.63) is 18.2 Å². The molecule has 2 rings (SSSR count). The zero-order chi connectivity index (χ0) is 10.7. The fourth-order valence-corrected chi connectivity index (χ4v) is 2.15. The van der Waals surface area contributed by atoms with Crippen LogP contribution >= 0.6 is 0 Å². The lowest BCUT2D eigenvalue weighted by molar-refractivity contribution is 0.387. The molecule has 0 radical (unpaired) electrons. The van der Waals surface area contributed by atoms with Gasteiger partial charge in [-0.25, -0.2) is 4.98 Å². The molecule has 0 saturated carbocycles. The summed E-state index contributed by atoms with van der Waals surface area (Å²) in [5.74, 6) is 0.822. The molecule has 0 spiro atoms. The Hall–Kier alpha value is -0.870. The van der Waals surface area contributed by atoms with Gasteiger partial charge in [-0.15, -0.1) is 0 Å². The van der Waals surface area contributed by atoms with E-state index in [0.717, 1.165) is 19.0 Å². The number of likely N-dealkylation sites (tertiary alicyclic amines) is 1. The SMILES string of the molecule is CN1CCC(CNCc2cncn2C)C1. The fraction of sp³-hybridized carbons (Fsp3) is 0.727. The van der Waals surface area contributed by atoms with E-state index in [1.165, 1.54) is 25.2 Å². The van der Waals surface area contributed by atoms with E-state index in [1.54, 1.807) is 0 Å². The first kappa shape index (κ1) is 10.6. The molecule has 0 bridgehead atoms. The second kappa shape index (κ2) is 4.77. The molecule has 1 aromatic heterocycles. The summed E-state index contributed by atoms with van der Waals surface area (Å²) < 4.78 is 2.06. The van der Waals surface area contributed by atoms with Gasteiger partial charge in [0.25, 0.3) is 0 Å². The van der Waals surface area contributed by atoms with Crippen LogP contribution in [0.1, 0.15) is 12.1 Å². The molecular formula is C11H20N4. The Kier molecular flexibility index (Phi) is 3.38. The summed E-state index contributed by atoms with van der Waals surface area (Å²) >= 11 is 0. The van der Waals surface area contributed by atoms with Crippen molar-refractivity contribution in [1.29, 1.82) is 0 Å². The number of nitrogens with zero attached hydrogens (tertiary/aromatic N) is 3. The highest BCUT2D eigenvalue weighted by Gasteiger charge is 2.18. The van der Waals surface area contributed by atoms with E-state index < -0.39 is 0 Å². The van der Waals surface area contributed by atoms with Crippen LogP contribution in [0.25, 0.3) is 0 Å². The molecule has 2 heterocycles. The molecule has 15 heavy (non-hydrogen) atoms. The maximum Gasteiger partial charge on any atom is 0.0945 e. The average Bonchev–Trinajstić information content (AvgIpc) is 2.77. The normalized spacial score (nSPS) is 22.4. The van der Waals surface area contributed by atoms with E-state index in [1.807, 2.05) is 19.6 Å². The zero-order valence-electron chi connectivity index (χ0n) is 9.61. The highest BCUT2D eigenvalue weighted by molar-refractivity contribution is 4.96. The quantitative estimate of drug-likeness (QED) is 0.780. The average molecular weight is 208 g/mol. The first-order chi connectivity index (χ1) is 7.25. The van der Waals surface area contributed by atoms with Crippen LogP contribution in [0.15, 0.2) is 12.5 Å². The summed E-state index contributed by atoms with van der Waals surface area (Å²) in [6, 6.07) is 0. The second-order valence-corrected chi connectivity index (χ2v) is 4.54. The summed E-state index contributed by atoms with van der Waals surface area (Å²) in [5, 5.41) is 3.50. The highest BCUT2D eigenvalue weighted by atomic mass is 15.1. The van der Waals surface area contributed by atoms with Gasteiger partial charge in [-0.2, -0.15) is 0 Å². The maximum absolute atomic E-state index is 4.10. The Labute approximate surface area is 91.3 Å². The lowest BCUT2D eigenvalue weighted by Gasteiger charge is -2.11. The summed E-state index contributed by atoms with van der Waals surface area (Å²) in [4.78, 5) is 6.50. The van der Waals surface area contributed by atoms with E-state index >= 15 is 0 Å². The molecule has 0 amide bonds. The Morgan fingerprint density at radius 2 is 2.40 bits per heavy atom. The minimum absolute atomic E-state index is 0.822. The van der Waals surface area contributed by atoms with Crippen LogP contribution in [0.4, 0.5) is 0 Å². The minimum Gasteiger partial charge on any atom is -0.337 e. The van der Waals surface area contributed by atoms with Gasteiger partial charge in [-0.1, -0.05) is 0 Å². The van der Waals surface area contributed by atoms with Gasteiger partial charge >= 0.3 is 0 Å². The lowest BCUT2D eigenvalue weighted by Crippen LogP contribution is -2.25. The van der Waals surface area contributed by atoms with Gasteiger partial charge in [0.05, 0.1) is 12.0 Å². The van der Waals surface area contributed by atoms with Crippen LogP contribution in [0.5, 0.6) is 0 Å². The summed E-state index contributed by atoms with van der Waals surface area (Å²) in [6.45, 7) is 4.53. The van der Waals surface area contributed by atoms with Gasteiger partial charge in [0.2, 0.25) is 0 Å². The molecule has 0 aromatic carbocycles. The number of hydrogen-bond donors (Lipinski definition) is 1. The first-order valence-electron chi connectivity index (χ1n) is 5.60. The summed E-state index contributed by atoms with van der Waals surface area (Å²) in [5.41, 5.74) is 1.25. The van der Waals surface area contributed by atoms with E-state index in [0.29, 0.717) is 0 Å². The van der Waals surface area contributed by atoms with Gasteiger partial charge < -0.3 is 14.8 Å². The van der Waals surface area contributed by atoms with Crippen LogP contribution in [0, 0.1) is 5.92 Å². The predicted octanol–water partition coefficient (Wildman–Crippen LogP) is 0.461. The number of nitrogens with one attached hydrogen (secondary N) is 1. The molecule has 0 aliphatic carbocycles. The molecule has 1 saturated heterocycles. The van der Waals surface area contributed by atoms with Gasteiger partial charge in [0, 0.05) is 26.3 Å². The first-order valence-corrected chi connectivity index (χ1v) is 5.60. The van der Waals surface area contributed by atoms with Crippen molar-refractivity contribution in [3.63, 3.8) is 0 Å². The predicted molar refractivity (Wildman–Crippen MR) is 60.5 cm³/mol. The fourth-order valence-electron chi connectivity index (χ4n) is 2.15. The van der Waals surface area contributed by atoms with Crippen molar-refractivity contribution in [2.75, 3.05) is 26.7 Å². The number of hydrogen-bond acceptors (Lipinski definition) is 3. The monoisotopic (exact) mass is 208 g/mol. The largest absolute Gasteiger partial charge is 0.337 e. The van der Waals surface area contributed by atoms with Gasteiger partial charge in [-0.05, 0) is 32.5 Å². The number of aromatic nitrogens is 2. The van der Waals surface area contributed by atoms with E-state index in [2.05, 4.69) is 26.8 Å². The smallest absolute Gasteiger partial charge is 0.0945 e. The van der Waals surface area contributed by atoms with Crippen LogP contribution in [0.3, 0.4) is 0 Å². The van der Waals surface area contributed by atoms with Gasteiger partial charge in [0.15, 0.2) is 0 Å². The van der Waals surface area contributed by atoms with Crippen molar-refractivity contribution < 1.29 is 0 Å². The highest BCUT2D eigenvalue weighted by Crippen LogP contribution is 2.12. The molecule has 1 aliphatic rings. The molecule has 4 heteroatoms. The van der Waals surface area contributed by atoms with Gasteiger partial charge in [-0.3, -0.25) is 0 Å². The third kappa shape index (κ3) is 2.79. The number of aryl methyl sites for hydroxylation is 1. The lowest BCUT2D eigenvalue weighted by atomic mass is 10.1. The zero-order valence-corrected chi connectivity index (χ0v) is 9.61. The van der Waals surface area contributed by atoms with E-state index in [9.17, 15) is 0 Å². The Morgan fingerprint density at radius 1 is 1.53 bits per heavy atom. The molecule has 1 fully saturated rings. The third-order valence-electron chi connectivity index (χ3n) is 3.14. The molecule has 1 atom stereocenters. The molecular weight excluding hydrogens is 188 g/mol. The Balaban J connectivity index is 1.69. The van der Waals surface area contributed by atoms with Crippen LogP contribution in [-0.4, -0.2) is 41.1 Å². The maximum atomic E-state index is 4.10. The summed E-state index contributed by atoms with van der Waals surface area (Å²) in [6.07, 6.45) is 5.10. The molecule has 1 aromatic rings. The van der Waals surface area contributed by atoms with Crippen molar-refractivity contribution in [1.82, 2.24) is 19.8 Å². The third-order valence-corrected chi connectivity index (χ3v) is 3.14. The van der Waals surface area contributed by atoms with E-state index in [4.69, 9.17) is 0 Å². The molecule has 1 aliphatic heterocycles. The second-order valence-electron chi connectivity index (χ2n) is 4.54. The molecule has 1 N–H and O–H groups in total. The Bertz CT molecular complexity index is 307. The van der Waals surface area contributed by atoms with Crippen molar-refractivity contribution in [3.8, 4) is 0 Å². The Morgan fingerprint density at radius 3 is 3.00 bits per heavy atom. The van der Waals surface area contributed by atoms with Crippen LogP contribution < -0.4 is 5.32 Å². The van der Waals surface area contributed by atoms with Crippen molar-refractivity contribution in [2.24, 2.45) is 13.0 Å². The van der Waals surface area contributed by atoms with Crippen LogP contribution in [0.2, 0.25) is 0 Å². The van der Waals surface area contributed by atoms with Crippen molar-refractivity contribution in [2.45, 2.75) is 13.0 Å². The molecule has 1 unspecified atom stereocenters. The van der Waals surface area contributed by atoms with Gasteiger partial charge in [0.1, 0.15) is 0 Å². The number of imidazole rings is 1. The van der Waals surface area contributed by atoms with Crippen molar-refractivity contribution >= 4 is 0 Å². The number of rotatable bonds is 4. The van der Waals surface area contributed by atoms with E-state index in [-0.39, 0.29) is 0 Å². The van der Waals surface area contributed by atoms with Crippen LogP contribution in [-0.2, 0) is 13.6 Å². The summed E-state index contributed by atoms with van der Waals surface area (Å²) in [7, 11) is 4.23. The minimum atomic E-state index is 0.822. The molecule has 4 nitrogen and oxygen atoms in total. The molecule has 84 valence electrons. The topological polar surface area (TPSA) is 33.1 Å².